The topological polar surface area (TPSA) is 138 Å². The minimum atomic E-state index is -3.81. The molecule has 37 heavy (non-hydrogen) atoms. The maximum Gasteiger partial charge on any atom is 0.509 e. The van der Waals surface area contributed by atoms with Crippen LogP contribution in [0.15, 0.2) is 17.1 Å². The first-order valence-electron chi connectivity index (χ1n) is 12.3. The van der Waals surface area contributed by atoms with Crippen LogP contribution in [0.1, 0.15) is 66.7 Å². The highest BCUT2D eigenvalue weighted by Gasteiger charge is 2.68. The number of ether oxygens (including phenoxy) is 4. The average molecular weight is 534 g/mol. The largest absolute Gasteiger partial charge is 0.509 e. The van der Waals surface area contributed by atoms with Gasteiger partial charge < -0.3 is 24.1 Å². The van der Waals surface area contributed by atoms with Crippen LogP contribution in [0.5, 0.6) is 0 Å². The normalized spacial score (nSPS) is 22.9. The molecule has 0 bridgehead atoms. The van der Waals surface area contributed by atoms with Gasteiger partial charge in [-0.15, -0.1) is 0 Å². The van der Waals surface area contributed by atoms with Gasteiger partial charge in [-0.2, -0.15) is 13.8 Å². The molecule has 210 valence electrons. The van der Waals surface area contributed by atoms with Crippen LogP contribution in [0.4, 0.5) is 24.2 Å². The second-order valence-corrected chi connectivity index (χ2v) is 10.1. The highest BCUT2D eigenvalue weighted by atomic mass is 19.3. The molecule has 2 rings (SSSR count). The summed E-state index contributed by atoms with van der Waals surface area (Å²) in [6.45, 7) is 6.42. The van der Waals surface area contributed by atoms with Gasteiger partial charge in [0.2, 0.25) is 0 Å². The number of anilines is 1. The van der Waals surface area contributed by atoms with Gasteiger partial charge in [-0.25, -0.2) is 14.4 Å². The molecule has 0 aromatic carbocycles. The minimum Gasteiger partial charge on any atom is -0.449 e. The van der Waals surface area contributed by atoms with Crippen molar-refractivity contribution in [2.24, 2.45) is 0 Å². The van der Waals surface area contributed by atoms with Crippen molar-refractivity contribution in [2.75, 3.05) is 18.5 Å². The number of nitrogens with one attached hydrogen (secondary N) is 1. The summed E-state index contributed by atoms with van der Waals surface area (Å²) in [5.74, 6) is -3.92. The average Bonchev–Trinajstić information content (AvgIpc) is 2.96. The summed E-state index contributed by atoms with van der Waals surface area (Å²) in [5.41, 5.74) is -4.26. The highest BCUT2D eigenvalue weighted by molar-refractivity contribution is 5.83. The standard InChI is InChI=1S/C24H37F2N3O8/c1-6-7-8-9-10-13-34-20(32)28-17-11-12-29(19(31)27-17)15-23(5)24(25,26)18(16(14-30)36-23)35-21(33)37-22(2,3)4/h11-12,16,18,30H,6-10,13-15H2,1-5H3,(H,27,28,31,32)/t16-,18?,23-/m1/s1. The fourth-order valence-electron chi connectivity index (χ4n) is 3.77. The molecule has 1 aliphatic rings. The quantitative estimate of drug-likeness (QED) is 0.321. The van der Waals surface area contributed by atoms with Crippen LogP contribution >= 0.6 is 0 Å². The second-order valence-electron chi connectivity index (χ2n) is 10.1. The van der Waals surface area contributed by atoms with Crippen LogP contribution in [0.25, 0.3) is 0 Å². The fourth-order valence-corrected chi connectivity index (χ4v) is 3.77. The number of aromatic nitrogens is 2. The number of amides is 1. The van der Waals surface area contributed by atoms with E-state index < -0.39 is 60.4 Å². The monoisotopic (exact) mass is 533 g/mol. The number of alkyl halides is 2. The number of aliphatic hydroxyl groups is 1. The lowest BCUT2D eigenvalue weighted by atomic mass is 9.95. The van der Waals surface area contributed by atoms with Gasteiger partial charge in [0.1, 0.15) is 17.5 Å². The number of nitrogens with zero attached hydrogens (tertiary/aromatic N) is 2. The summed E-state index contributed by atoms with van der Waals surface area (Å²) in [6.07, 6.45) is 0.227. The van der Waals surface area contributed by atoms with E-state index in [4.69, 9.17) is 18.9 Å². The number of carbonyl (C=O) groups excluding carboxylic acids is 2. The van der Waals surface area contributed by atoms with E-state index in [0.717, 1.165) is 43.4 Å². The number of rotatable bonds is 11. The van der Waals surface area contributed by atoms with E-state index in [9.17, 15) is 19.5 Å². The molecule has 0 saturated carbocycles. The zero-order chi connectivity index (χ0) is 27.9. The molecule has 2 heterocycles. The highest BCUT2D eigenvalue weighted by Crippen LogP contribution is 2.46. The van der Waals surface area contributed by atoms with E-state index in [0.29, 0.717) is 6.42 Å². The summed E-state index contributed by atoms with van der Waals surface area (Å²) in [5, 5.41) is 11.9. The van der Waals surface area contributed by atoms with E-state index in [-0.39, 0.29) is 12.4 Å². The van der Waals surface area contributed by atoms with Crippen molar-refractivity contribution in [1.29, 1.82) is 0 Å². The van der Waals surface area contributed by atoms with Crippen molar-refractivity contribution in [3.63, 3.8) is 0 Å². The Morgan fingerprint density at radius 3 is 2.51 bits per heavy atom. The first-order chi connectivity index (χ1) is 17.2. The molecule has 2 N–H and O–H groups in total. The Bertz CT molecular complexity index is 981. The van der Waals surface area contributed by atoms with Gasteiger partial charge >= 0.3 is 23.9 Å². The van der Waals surface area contributed by atoms with Crippen molar-refractivity contribution in [3.8, 4) is 0 Å². The van der Waals surface area contributed by atoms with E-state index in [2.05, 4.69) is 17.2 Å². The van der Waals surface area contributed by atoms with E-state index in [1.54, 1.807) is 0 Å². The zero-order valence-corrected chi connectivity index (χ0v) is 21.9. The van der Waals surface area contributed by atoms with Crippen molar-refractivity contribution in [2.45, 2.75) is 103 Å². The van der Waals surface area contributed by atoms with Crippen LogP contribution in [-0.4, -0.2) is 69.5 Å². The van der Waals surface area contributed by atoms with Crippen molar-refractivity contribution in [1.82, 2.24) is 9.55 Å². The molecular weight excluding hydrogens is 496 g/mol. The third-order valence-electron chi connectivity index (χ3n) is 5.66. The van der Waals surface area contributed by atoms with Crippen molar-refractivity contribution in [3.05, 3.63) is 22.7 Å². The van der Waals surface area contributed by atoms with Crippen LogP contribution < -0.4 is 11.0 Å². The Morgan fingerprint density at radius 2 is 1.92 bits per heavy atom. The van der Waals surface area contributed by atoms with Crippen LogP contribution in [0.2, 0.25) is 0 Å². The third-order valence-corrected chi connectivity index (χ3v) is 5.66. The second kappa shape index (κ2) is 12.6. The molecule has 1 aliphatic heterocycles. The lowest BCUT2D eigenvalue weighted by Crippen LogP contribution is -2.53. The number of aliphatic hydroxyl groups excluding tert-OH is 1. The SMILES string of the molecule is CCCCCCCOC(=O)Nc1ccn(C[C@@]2(C)O[C@H](CO)C(OC(=O)OC(C)(C)C)C2(F)F)c(=O)n1. The number of halogens is 2. The lowest BCUT2D eigenvalue weighted by molar-refractivity contribution is -0.174. The van der Waals surface area contributed by atoms with E-state index >= 15 is 8.78 Å². The van der Waals surface area contributed by atoms with Gasteiger partial charge in [0.25, 0.3) is 0 Å². The molecule has 1 saturated heterocycles. The van der Waals surface area contributed by atoms with Crippen molar-refractivity contribution < 1.29 is 42.4 Å². The maximum atomic E-state index is 15.4. The Morgan fingerprint density at radius 1 is 1.24 bits per heavy atom. The Hall–Kier alpha value is -2.80. The predicted molar refractivity (Wildman–Crippen MR) is 129 cm³/mol. The number of carbonyl (C=O) groups is 2. The Kier molecular flexibility index (Phi) is 10.4. The summed E-state index contributed by atoms with van der Waals surface area (Å²) in [7, 11) is 0. The molecule has 13 heteroatoms. The Balaban J connectivity index is 2.05. The lowest BCUT2D eigenvalue weighted by Gasteiger charge is -2.31. The van der Waals surface area contributed by atoms with Crippen molar-refractivity contribution >= 4 is 18.1 Å². The molecule has 0 spiro atoms. The van der Waals surface area contributed by atoms with Gasteiger partial charge in [0.15, 0.2) is 11.7 Å². The zero-order valence-electron chi connectivity index (χ0n) is 21.9. The fraction of sp³-hybridized carbons (Fsp3) is 0.750. The van der Waals surface area contributed by atoms with Gasteiger partial charge in [0.05, 0.1) is 19.8 Å². The predicted octanol–water partition coefficient (Wildman–Crippen LogP) is 3.87. The third kappa shape index (κ3) is 8.35. The molecule has 3 atom stereocenters. The molecular formula is C24H37F2N3O8. The first-order valence-corrected chi connectivity index (χ1v) is 12.3. The molecule has 1 fully saturated rings. The first kappa shape index (κ1) is 30.4. The van der Waals surface area contributed by atoms with Crippen LogP contribution in [-0.2, 0) is 25.5 Å². The molecule has 1 amide bonds. The van der Waals surface area contributed by atoms with Crippen LogP contribution in [0, 0.1) is 0 Å². The molecule has 1 aromatic rings. The molecule has 0 aliphatic carbocycles. The summed E-state index contributed by atoms with van der Waals surface area (Å²) in [6, 6.07) is 1.25. The molecule has 11 nitrogen and oxygen atoms in total. The van der Waals surface area contributed by atoms with Gasteiger partial charge in [0, 0.05) is 6.20 Å². The molecule has 1 unspecified atom stereocenters. The van der Waals surface area contributed by atoms with Gasteiger partial charge in [-0.1, -0.05) is 32.6 Å². The number of hydrogen-bond donors (Lipinski definition) is 2. The smallest absolute Gasteiger partial charge is 0.449 e. The molecule has 1 aromatic heterocycles. The number of hydrogen-bond acceptors (Lipinski definition) is 9. The summed E-state index contributed by atoms with van der Waals surface area (Å²) < 4.78 is 51.9. The van der Waals surface area contributed by atoms with E-state index in [1.165, 1.54) is 26.8 Å². The molecule has 0 radical (unpaired) electrons. The maximum absolute atomic E-state index is 15.4. The van der Waals surface area contributed by atoms with Gasteiger partial charge in [-0.3, -0.25) is 9.88 Å². The van der Waals surface area contributed by atoms with E-state index in [1.807, 2.05) is 0 Å². The summed E-state index contributed by atoms with van der Waals surface area (Å²) >= 11 is 0. The van der Waals surface area contributed by atoms with Crippen LogP contribution in [0.3, 0.4) is 0 Å². The Labute approximate surface area is 214 Å². The minimum absolute atomic E-state index is 0.110. The van der Waals surface area contributed by atoms with Gasteiger partial charge in [-0.05, 0) is 40.2 Å². The number of unbranched alkanes of at least 4 members (excludes halogenated alkanes) is 4. The summed E-state index contributed by atoms with van der Waals surface area (Å²) in [4.78, 5) is 40.1.